The van der Waals surface area contributed by atoms with Gasteiger partial charge in [0.05, 0.1) is 44.4 Å². The molecule has 0 saturated carbocycles. The Hall–Kier alpha value is -2.76. The maximum atomic E-state index is 12.5. The summed E-state index contributed by atoms with van der Waals surface area (Å²) in [5, 5.41) is 14.2. The number of para-hydroxylation sites is 1. The van der Waals surface area contributed by atoms with Gasteiger partial charge in [-0.2, -0.15) is 0 Å². The monoisotopic (exact) mass is 596 g/mol. The summed E-state index contributed by atoms with van der Waals surface area (Å²) in [6, 6.07) is 5.69. The minimum atomic E-state index is -1.57. The predicted octanol–water partition coefficient (Wildman–Crippen LogP) is 7.02. The number of ether oxygens (including phenoxy) is 5. The first-order chi connectivity index (χ1) is 20.5. The fourth-order valence-electron chi connectivity index (χ4n) is 4.14. The van der Waals surface area contributed by atoms with Crippen molar-refractivity contribution in [3.63, 3.8) is 0 Å². The predicted molar refractivity (Wildman–Crippen MR) is 160 cm³/mol. The molecule has 1 aromatic carbocycles. The standard InChI is InChI=1S/C31H52N2O9/c1-3-5-6-7-8-9-10-11-12-13-16-20-32-31(35)42-30(27-17-14-15-18-28(27)33(36)37)41-29(34)19-22-39-24-26-40-25-23-38-21-4-2/h14-15,17-18,30H,3-13,16,19-26H2,1-2H3,(H,32,35). The lowest BCUT2D eigenvalue weighted by atomic mass is 10.1. The molecule has 0 saturated heterocycles. The Bertz CT molecular complexity index is 853. The maximum absolute atomic E-state index is 12.5. The molecule has 0 aliphatic carbocycles. The number of nitrogens with one attached hydrogen (secondary N) is 1. The highest BCUT2D eigenvalue weighted by molar-refractivity contribution is 5.71. The Kier molecular flexibility index (Phi) is 23.0. The number of nitro benzene ring substituents is 1. The normalized spacial score (nSPS) is 11.7. The summed E-state index contributed by atoms with van der Waals surface area (Å²) in [6.45, 7) is 7.02. The van der Waals surface area contributed by atoms with Crippen LogP contribution in [0, 0.1) is 10.1 Å². The van der Waals surface area contributed by atoms with E-state index in [0.717, 1.165) is 25.7 Å². The molecule has 1 atom stereocenters. The fraction of sp³-hybridized carbons (Fsp3) is 0.742. The van der Waals surface area contributed by atoms with Crippen LogP contribution < -0.4 is 5.32 Å². The highest BCUT2D eigenvalue weighted by Gasteiger charge is 2.28. The first-order valence-corrected chi connectivity index (χ1v) is 15.6. The van der Waals surface area contributed by atoms with Crippen LogP contribution in [0.2, 0.25) is 0 Å². The molecule has 0 aliphatic heterocycles. The Balaban J connectivity index is 2.39. The van der Waals surface area contributed by atoms with Gasteiger partial charge >= 0.3 is 12.1 Å². The van der Waals surface area contributed by atoms with Crippen molar-refractivity contribution in [1.29, 1.82) is 0 Å². The molecule has 1 unspecified atom stereocenters. The van der Waals surface area contributed by atoms with E-state index in [0.29, 0.717) is 33.0 Å². The van der Waals surface area contributed by atoms with Gasteiger partial charge in [0.25, 0.3) is 12.0 Å². The van der Waals surface area contributed by atoms with E-state index < -0.39 is 23.3 Å². The minimum Gasteiger partial charge on any atom is -0.420 e. The first-order valence-electron chi connectivity index (χ1n) is 15.6. The van der Waals surface area contributed by atoms with E-state index >= 15 is 0 Å². The van der Waals surface area contributed by atoms with Crippen molar-refractivity contribution < 1.29 is 38.2 Å². The Morgan fingerprint density at radius 1 is 0.738 bits per heavy atom. The Labute approximate surface area is 251 Å². The van der Waals surface area contributed by atoms with E-state index in [4.69, 9.17) is 23.7 Å². The van der Waals surface area contributed by atoms with E-state index in [-0.39, 0.29) is 30.9 Å². The Morgan fingerprint density at radius 3 is 1.88 bits per heavy atom. The van der Waals surface area contributed by atoms with Gasteiger partial charge in [0.15, 0.2) is 0 Å². The number of carbonyl (C=O) groups excluding carboxylic acids is 2. The second-order valence-corrected chi connectivity index (χ2v) is 10.1. The average Bonchev–Trinajstić information content (AvgIpc) is 2.98. The zero-order valence-electron chi connectivity index (χ0n) is 25.7. The molecular formula is C31H52N2O9. The van der Waals surface area contributed by atoms with E-state index in [2.05, 4.69) is 12.2 Å². The van der Waals surface area contributed by atoms with Gasteiger partial charge in [0.1, 0.15) is 5.56 Å². The molecule has 1 amide bonds. The van der Waals surface area contributed by atoms with Crippen molar-refractivity contribution in [2.24, 2.45) is 0 Å². The molecule has 0 bridgehead atoms. The zero-order chi connectivity index (χ0) is 30.7. The van der Waals surface area contributed by atoms with E-state index in [1.54, 1.807) is 6.07 Å². The molecule has 240 valence electrons. The van der Waals surface area contributed by atoms with Crippen LogP contribution in [0.5, 0.6) is 0 Å². The third kappa shape index (κ3) is 19.4. The summed E-state index contributed by atoms with van der Waals surface area (Å²) in [5.74, 6) is -0.717. The quantitative estimate of drug-likeness (QED) is 0.0373. The third-order valence-electron chi connectivity index (χ3n) is 6.43. The molecule has 1 aromatic rings. The van der Waals surface area contributed by atoms with Gasteiger partial charge in [-0.15, -0.1) is 0 Å². The molecule has 0 spiro atoms. The van der Waals surface area contributed by atoms with E-state index in [1.165, 1.54) is 69.6 Å². The van der Waals surface area contributed by atoms with Crippen LogP contribution in [-0.4, -0.2) is 63.2 Å². The third-order valence-corrected chi connectivity index (χ3v) is 6.43. The molecular weight excluding hydrogens is 544 g/mol. The second kappa shape index (κ2) is 25.9. The van der Waals surface area contributed by atoms with Gasteiger partial charge in [-0.05, 0) is 18.9 Å². The number of hydrogen-bond acceptors (Lipinski definition) is 9. The lowest BCUT2D eigenvalue weighted by Crippen LogP contribution is -2.29. The SMILES string of the molecule is CCCCCCCCCCCCCNC(=O)OC(OC(=O)CCOCCOCCOCCC)c1ccccc1[N+](=O)[O-]. The molecule has 0 aliphatic rings. The first kappa shape index (κ1) is 37.3. The summed E-state index contributed by atoms with van der Waals surface area (Å²) >= 11 is 0. The van der Waals surface area contributed by atoms with Crippen molar-refractivity contribution in [2.75, 3.05) is 46.2 Å². The van der Waals surface area contributed by atoms with Crippen LogP contribution in [-0.2, 0) is 28.5 Å². The van der Waals surface area contributed by atoms with Crippen molar-refractivity contribution in [1.82, 2.24) is 5.32 Å². The van der Waals surface area contributed by atoms with Crippen molar-refractivity contribution in [2.45, 2.75) is 104 Å². The molecule has 11 nitrogen and oxygen atoms in total. The summed E-state index contributed by atoms with van der Waals surface area (Å²) in [4.78, 5) is 35.9. The summed E-state index contributed by atoms with van der Waals surface area (Å²) in [5.41, 5.74) is -0.343. The van der Waals surface area contributed by atoms with Crippen molar-refractivity contribution in [3.8, 4) is 0 Å². The van der Waals surface area contributed by atoms with E-state index in [9.17, 15) is 19.7 Å². The topological polar surface area (TPSA) is 135 Å². The molecule has 0 aromatic heterocycles. The number of amides is 1. The maximum Gasteiger partial charge on any atom is 0.410 e. The summed E-state index contributed by atoms with van der Waals surface area (Å²) < 4.78 is 26.8. The number of esters is 1. The van der Waals surface area contributed by atoms with Gasteiger partial charge in [-0.3, -0.25) is 14.9 Å². The number of alkyl carbamates (subject to hydrolysis) is 1. The zero-order valence-corrected chi connectivity index (χ0v) is 25.7. The highest BCUT2D eigenvalue weighted by atomic mass is 16.7. The number of carbonyl (C=O) groups is 2. The molecule has 1 rings (SSSR count). The molecule has 0 radical (unpaired) electrons. The van der Waals surface area contributed by atoms with E-state index in [1.807, 2.05) is 6.92 Å². The van der Waals surface area contributed by atoms with Crippen LogP contribution in [0.25, 0.3) is 0 Å². The molecule has 0 fully saturated rings. The number of rotatable bonds is 27. The average molecular weight is 597 g/mol. The van der Waals surface area contributed by atoms with Crippen LogP contribution >= 0.6 is 0 Å². The fourth-order valence-corrected chi connectivity index (χ4v) is 4.14. The summed E-state index contributed by atoms with van der Waals surface area (Å²) in [6.07, 6.45) is 11.5. The number of benzene rings is 1. The number of unbranched alkanes of at least 4 members (excludes halogenated alkanes) is 10. The summed E-state index contributed by atoms with van der Waals surface area (Å²) in [7, 11) is 0. The van der Waals surface area contributed by atoms with Crippen LogP contribution in [0.1, 0.15) is 109 Å². The van der Waals surface area contributed by atoms with Gasteiger partial charge in [-0.25, -0.2) is 4.79 Å². The van der Waals surface area contributed by atoms with Gasteiger partial charge in [-0.1, -0.05) is 90.2 Å². The van der Waals surface area contributed by atoms with Crippen LogP contribution in [0.3, 0.4) is 0 Å². The van der Waals surface area contributed by atoms with Gasteiger partial charge < -0.3 is 29.0 Å². The van der Waals surface area contributed by atoms with Crippen LogP contribution in [0.4, 0.5) is 10.5 Å². The minimum absolute atomic E-state index is 0.0275. The molecule has 11 heteroatoms. The Morgan fingerprint density at radius 2 is 1.29 bits per heavy atom. The lowest BCUT2D eigenvalue weighted by molar-refractivity contribution is -0.386. The lowest BCUT2D eigenvalue weighted by Gasteiger charge is -2.19. The van der Waals surface area contributed by atoms with Gasteiger partial charge in [0, 0.05) is 19.2 Å². The van der Waals surface area contributed by atoms with Gasteiger partial charge in [0.2, 0.25) is 0 Å². The number of nitro groups is 1. The second-order valence-electron chi connectivity index (χ2n) is 10.1. The van der Waals surface area contributed by atoms with Crippen molar-refractivity contribution in [3.05, 3.63) is 39.9 Å². The molecule has 42 heavy (non-hydrogen) atoms. The smallest absolute Gasteiger partial charge is 0.410 e. The number of nitrogens with zero attached hydrogens (tertiary/aromatic N) is 1. The highest BCUT2D eigenvalue weighted by Crippen LogP contribution is 2.29. The molecule has 0 heterocycles. The van der Waals surface area contributed by atoms with Crippen molar-refractivity contribution >= 4 is 17.7 Å². The molecule has 1 N–H and O–H groups in total. The largest absolute Gasteiger partial charge is 0.420 e. The van der Waals surface area contributed by atoms with Crippen LogP contribution in [0.15, 0.2) is 24.3 Å². The number of hydrogen-bond donors (Lipinski definition) is 1.